The molecule has 0 fully saturated rings. The van der Waals surface area contributed by atoms with Gasteiger partial charge in [-0.25, -0.2) is 0 Å². The molecule has 3 heteroatoms. The summed E-state index contributed by atoms with van der Waals surface area (Å²) in [6.45, 7) is 4.41. The summed E-state index contributed by atoms with van der Waals surface area (Å²) in [5, 5.41) is 12.0. The van der Waals surface area contributed by atoms with E-state index in [2.05, 4.69) is 5.32 Å². The maximum absolute atomic E-state index is 11.1. The van der Waals surface area contributed by atoms with Crippen molar-refractivity contribution in [3.8, 4) is 0 Å². The van der Waals surface area contributed by atoms with Gasteiger partial charge in [0.05, 0.1) is 5.92 Å². The minimum atomic E-state index is -0.781. The number of rotatable bonds is 4. The third-order valence-electron chi connectivity index (χ3n) is 2.51. The zero-order chi connectivity index (χ0) is 11.4. The lowest BCUT2D eigenvalue weighted by Crippen LogP contribution is -2.24. The third-order valence-corrected chi connectivity index (χ3v) is 2.51. The van der Waals surface area contributed by atoms with Crippen LogP contribution in [-0.4, -0.2) is 24.7 Å². The van der Waals surface area contributed by atoms with E-state index < -0.39 is 11.9 Å². The van der Waals surface area contributed by atoms with Gasteiger partial charge in [-0.2, -0.15) is 0 Å². The first-order valence-corrected chi connectivity index (χ1v) is 5.00. The molecule has 15 heavy (non-hydrogen) atoms. The molecule has 2 N–H and O–H groups in total. The monoisotopic (exact) mass is 207 g/mol. The van der Waals surface area contributed by atoms with Crippen LogP contribution >= 0.6 is 0 Å². The van der Waals surface area contributed by atoms with Crippen LogP contribution in [0, 0.1) is 13.8 Å². The lowest BCUT2D eigenvalue weighted by molar-refractivity contribution is -0.138. The summed E-state index contributed by atoms with van der Waals surface area (Å²) >= 11 is 0. The minimum Gasteiger partial charge on any atom is -0.481 e. The summed E-state index contributed by atoms with van der Waals surface area (Å²) < 4.78 is 0. The molecule has 0 spiro atoms. The largest absolute Gasteiger partial charge is 0.481 e. The number of benzene rings is 1. The summed E-state index contributed by atoms with van der Waals surface area (Å²) in [5.41, 5.74) is 3.09. The smallest absolute Gasteiger partial charge is 0.312 e. The van der Waals surface area contributed by atoms with Gasteiger partial charge in [-0.3, -0.25) is 4.79 Å². The number of nitrogens with one attached hydrogen (secondary N) is 1. The van der Waals surface area contributed by atoms with Crippen LogP contribution in [0.2, 0.25) is 0 Å². The Kier molecular flexibility index (Phi) is 3.86. The second-order valence-electron chi connectivity index (χ2n) is 3.81. The summed E-state index contributed by atoms with van der Waals surface area (Å²) in [6.07, 6.45) is 0. The Balaban J connectivity index is 3.05. The number of carboxylic acids is 1. The zero-order valence-electron chi connectivity index (χ0n) is 9.37. The molecule has 0 aliphatic carbocycles. The number of hydrogen-bond donors (Lipinski definition) is 2. The highest BCUT2D eigenvalue weighted by atomic mass is 16.4. The van der Waals surface area contributed by atoms with E-state index in [1.807, 2.05) is 32.0 Å². The van der Waals surface area contributed by atoms with Gasteiger partial charge < -0.3 is 10.4 Å². The molecular weight excluding hydrogens is 190 g/mol. The lowest BCUT2D eigenvalue weighted by atomic mass is 9.93. The number of carbonyl (C=O) groups is 1. The van der Waals surface area contributed by atoms with Crippen molar-refractivity contribution in [2.75, 3.05) is 13.6 Å². The van der Waals surface area contributed by atoms with Gasteiger partial charge in [0.1, 0.15) is 0 Å². The Bertz CT molecular complexity index is 361. The Morgan fingerprint density at radius 2 is 2.13 bits per heavy atom. The molecule has 0 saturated heterocycles. The van der Waals surface area contributed by atoms with Crippen LogP contribution < -0.4 is 5.32 Å². The number of hydrogen-bond acceptors (Lipinski definition) is 2. The average molecular weight is 207 g/mol. The molecule has 1 aromatic carbocycles. The van der Waals surface area contributed by atoms with Crippen LogP contribution in [0.4, 0.5) is 0 Å². The van der Waals surface area contributed by atoms with E-state index in [0.717, 1.165) is 16.7 Å². The number of aryl methyl sites for hydroxylation is 2. The highest BCUT2D eigenvalue weighted by molar-refractivity contribution is 5.77. The van der Waals surface area contributed by atoms with Gasteiger partial charge in [0, 0.05) is 6.54 Å². The van der Waals surface area contributed by atoms with Crippen molar-refractivity contribution in [2.24, 2.45) is 0 Å². The van der Waals surface area contributed by atoms with E-state index in [1.54, 1.807) is 7.05 Å². The molecule has 0 bridgehead atoms. The van der Waals surface area contributed by atoms with Gasteiger partial charge in [0.15, 0.2) is 0 Å². The molecule has 1 unspecified atom stereocenters. The molecule has 0 aliphatic heterocycles. The van der Waals surface area contributed by atoms with Crippen molar-refractivity contribution in [3.63, 3.8) is 0 Å². The van der Waals surface area contributed by atoms with Crippen LogP contribution in [-0.2, 0) is 4.79 Å². The molecule has 0 amide bonds. The second-order valence-corrected chi connectivity index (χ2v) is 3.81. The van der Waals surface area contributed by atoms with E-state index in [9.17, 15) is 4.79 Å². The molecule has 0 aliphatic rings. The molecule has 1 rings (SSSR count). The summed E-state index contributed by atoms with van der Waals surface area (Å²) in [5.74, 6) is -1.24. The fourth-order valence-corrected chi connectivity index (χ4v) is 1.75. The number of carboxylic acid groups (broad SMARTS) is 1. The van der Waals surface area contributed by atoms with Gasteiger partial charge in [-0.15, -0.1) is 0 Å². The molecule has 82 valence electrons. The Morgan fingerprint density at radius 3 is 2.60 bits per heavy atom. The molecule has 1 aromatic rings. The molecule has 0 radical (unpaired) electrons. The normalized spacial score (nSPS) is 12.5. The first kappa shape index (κ1) is 11.7. The fourth-order valence-electron chi connectivity index (χ4n) is 1.75. The topological polar surface area (TPSA) is 49.3 Å². The number of aliphatic carboxylic acids is 1. The van der Waals surface area contributed by atoms with Crippen molar-refractivity contribution in [1.82, 2.24) is 5.32 Å². The lowest BCUT2D eigenvalue weighted by Gasteiger charge is -2.15. The van der Waals surface area contributed by atoms with Crippen molar-refractivity contribution in [2.45, 2.75) is 19.8 Å². The first-order valence-electron chi connectivity index (χ1n) is 5.00. The van der Waals surface area contributed by atoms with Gasteiger partial charge in [0.25, 0.3) is 0 Å². The van der Waals surface area contributed by atoms with E-state index in [-0.39, 0.29) is 0 Å². The second kappa shape index (κ2) is 4.94. The van der Waals surface area contributed by atoms with Crippen LogP contribution in [0.25, 0.3) is 0 Å². The maximum atomic E-state index is 11.1. The molecule has 3 nitrogen and oxygen atoms in total. The van der Waals surface area contributed by atoms with E-state index in [4.69, 9.17) is 5.11 Å². The standard InChI is InChI=1S/C12H17NO2/c1-8-4-5-10(9(2)6-8)11(7-13-3)12(14)15/h4-6,11,13H,7H2,1-3H3,(H,14,15). The quantitative estimate of drug-likeness (QED) is 0.790. The van der Waals surface area contributed by atoms with Crippen LogP contribution in [0.5, 0.6) is 0 Å². The van der Waals surface area contributed by atoms with Gasteiger partial charge in [0.2, 0.25) is 0 Å². The average Bonchev–Trinajstić information content (AvgIpc) is 2.15. The van der Waals surface area contributed by atoms with E-state index in [1.165, 1.54) is 0 Å². The third kappa shape index (κ3) is 2.80. The Hall–Kier alpha value is -1.35. The fraction of sp³-hybridized carbons (Fsp3) is 0.417. The van der Waals surface area contributed by atoms with Crippen molar-refractivity contribution >= 4 is 5.97 Å². The zero-order valence-corrected chi connectivity index (χ0v) is 9.37. The Morgan fingerprint density at radius 1 is 1.47 bits per heavy atom. The first-order chi connectivity index (χ1) is 7.06. The summed E-state index contributed by atoms with van der Waals surface area (Å²) in [4.78, 5) is 11.1. The van der Waals surface area contributed by atoms with E-state index >= 15 is 0 Å². The van der Waals surface area contributed by atoms with E-state index in [0.29, 0.717) is 6.54 Å². The molecule has 1 atom stereocenters. The molecule has 0 saturated carbocycles. The van der Waals surface area contributed by atoms with Crippen molar-refractivity contribution in [3.05, 3.63) is 34.9 Å². The van der Waals surface area contributed by atoms with Crippen molar-refractivity contribution in [1.29, 1.82) is 0 Å². The summed E-state index contributed by atoms with van der Waals surface area (Å²) in [7, 11) is 1.76. The minimum absolute atomic E-state index is 0.458. The summed E-state index contributed by atoms with van der Waals surface area (Å²) in [6, 6.07) is 5.87. The highest BCUT2D eigenvalue weighted by Gasteiger charge is 2.20. The van der Waals surface area contributed by atoms with Crippen LogP contribution in [0.15, 0.2) is 18.2 Å². The SMILES string of the molecule is CNCC(C(=O)O)c1ccc(C)cc1C. The van der Waals surface area contributed by atoms with Gasteiger partial charge in [-0.05, 0) is 32.0 Å². The Labute approximate surface area is 90.1 Å². The van der Waals surface area contributed by atoms with Gasteiger partial charge in [-0.1, -0.05) is 23.8 Å². The molecule has 0 heterocycles. The molecule has 0 aromatic heterocycles. The molecular formula is C12H17NO2. The van der Waals surface area contributed by atoms with Crippen LogP contribution in [0.1, 0.15) is 22.6 Å². The maximum Gasteiger partial charge on any atom is 0.312 e. The van der Waals surface area contributed by atoms with Crippen LogP contribution in [0.3, 0.4) is 0 Å². The highest BCUT2D eigenvalue weighted by Crippen LogP contribution is 2.20. The predicted molar refractivity (Wildman–Crippen MR) is 60.2 cm³/mol. The number of likely N-dealkylation sites (N-methyl/N-ethyl adjacent to an activating group) is 1. The predicted octanol–water partition coefficient (Wildman–Crippen LogP) is 1.69. The van der Waals surface area contributed by atoms with Crippen molar-refractivity contribution < 1.29 is 9.90 Å². The van der Waals surface area contributed by atoms with Gasteiger partial charge >= 0.3 is 5.97 Å².